The third-order valence-electron chi connectivity index (χ3n) is 2.52. The van der Waals surface area contributed by atoms with Crippen molar-refractivity contribution in [2.24, 2.45) is 5.92 Å². The first-order chi connectivity index (χ1) is 7.56. The van der Waals surface area contributed by atoms with Gasteiger partial charge in [-0.15, -0.1) is 11.3 Å². The van der Waals surface area contributed by atoms with Crippen LogP contribution >= 0.6 is 11.3 Å². The van der Waals surface area contributed by atoms with Crippen molar-refractivity contribution in [3.63, 3.8) is 0 Å². The van der Waals surface area contributed by atoms with Crippen LogP contribution in [-0.4, -0.2) is 24.0 Å². The third kappa shape index (κ3) is 3.28. The first-order valence-corrected chi connectivity index (χ1v) is 6.28. The maximum atomic E-state index is 11.6. The molecule has 90 valence electrons. The lowest BCUT2D eigenvalue weighted by Gasteiger charge is -2.20. The van der Waals surface area contributed by atoms with Crippen LogP contribution in [0.3, 0.4) is 0 Å². The summed E-state index contributed by atoms with van der Waals surface area (Å²) in [5.74, 6) is 0.311. The zero-order valence-corrected chi connectivity index (χ0v) is 11.0. The summed E-state index contributed by atoms with van der Waals surface area (Å²) in [6.07, 6.45) is 0. The summed E-state index contributed by atoms with van der Waals surface area (Å²) in [6, 6.07) is -0.147. The number of thiazole rings is 1. The number of nitrogens with one attached hydrogen (secondary N) is 2. The Morgan fingerprint density at radius 2 is 2.25 bits per heavy atom. The van der Waals surface area contributed by atoms with E-state index in [0.717, 1.165) is 5.69 Å². The number of aromatic nitrogens is 1. The van der Waals surface area contributed by atoms with Gasteiger partial charge in [0.2, 0.25) is 5.91 Å². The lowest BCUT2D eigenvalue weighted by Crippen LogP contribution is -2.45. The van der Waals surface area contributed by atoms with Crippen LogP contribution in [-0.2, 0) is 11.3 Å². The molecule has 0 fully saturated rings. The van der Waals surface area contributed by atoms with Gasteiger partial charge in [0.1, 0.15) is 0 Å². The molecule has 0 aliphatic carbocycles. The molecule has 0 aliphatic heterocycles. The molecule has 1 heterocycles. The van der Waals surface area contributed by atoms with Crippen LogP contribution in [0, 0.1) is 12.8 Å². The Morgan fingerprint density at radius 1 is 1.56 bits per heavy atom. The molecule has 0 aromatic carbocycles. The van der Waals surface area contributed by atoms with Crippen LogP contribution < -0.4 is 10.6 Å². The zero-order chi connectivity index (χ0) is 12.1. The molecule has 4 nitrogen and oxygen atoms in total. The molecule has 2 N–H and O–H groups in total. The SMILES string of the molecule is CNC(=O)C(NCc1scnc1C)C(C)C. The van der Waals surface area contributed by atoms with E-state index in [0.29, 0.717) is 6.54 Å². The van der Waals surface area contributed by atoms with Crippen LogP contribution in [0.15, 0.2) is 5.51 Å². The maximum absolute atomic E-state index is 11.6. The van der Waals surface area contributed by atoms with Crippen molar-refractivity contribution in [1.29, 1.82) is 0 Å². The number of amides is 1. The highest BCUT2D eigenvalue weighted by atomic mass is 32.1. The molecule has 0 bridgehead atoms. The van der Waals surface area contributed by atoms with E-state index >= 15 is 0 Å². The third-order valence-corrected chi connectivity index (χ3v) is 3.46. The van der Waals surface area contributed by atoms with E-state index in [1.165, 1.54) is 4.88 Å². The first-order valence-electron chi connectivity index (χ1n) is 5.40. The fourth-order valence-electron chi connectivity index (χ4n) is 1.49. The fourth-order valence-corrected chi connectivity index (χ4v) is 2.21. The smallest absolute Gasteiger partial charge is 0.237 e. The minimum Gasteiger partial charge on any atom is -0.358 e. The van der Waals surface area contributed by atoms with Crippen LogP contribution in [0.5, 0.6) is 0 Å². The highest BCUT2D eigenvalue weighted by Crippen LogP contribution is 2.12. The summed E-state index contributed by atoms with van der Waals surface area (Å²) in [7, 11) is 1.66. The zero-order valence-electron chi connectivity index (χ0n) is 10.2. The van der Waals surface area contributed by atoms with E-state index in [4.69, 9.17) is 0 Å². The number of hydrogen-bond acceptors (Lipinski definition) is 4. The van der Waals surface area contributed by atoms with Crippen molar-refractivity contribution < 1.29 is 4.79 Å². The van der Waals surface area contributed by atoms with E-state index in [9.17, 15) is 4.79 Å². The lowest BCUT2D eigenvalue weighted by molar-refractivity contribution is -0.123. The molecule has 0 radical (unpaired) electrons. The molecule has 1 atom stereocenters. The van der Waals surface area contributed by atoms with Gasteiger partial charge in [0, 0.05) is 18.5 Å². The number of aryl methyl sites for hydroxylation is 1. The van der Waals surface area contributed by atoms with Gasteiger partial charge in [0.05, 0.1) is 17.2 Å². The van der Waals surface area contributed by atoms with Gasteiger partial charge in [-0.1, -0.05) is 13.8 Å². The van der Waals surface area contributed by atoms with Crippen LogP contribution in [0.2, 0.25) is 0 Å². The van der Waals surface area contributed by atoms with Crippen molar-refractivity contribution in [2.75, 3.05) is 7.05 Å². The largest absolute Gasteiger partial charge is 0.358 e. The molecular formula is C11H19N3OS. The summed E-state index contributed by atoms with van der Waals surface area (Å²) in [4.78, 5) is 17.0. The van der Waals surface area contributed by atoms with Crippen molar-refractivity contribution in [3.05, 3.63) is 16.1 Å². The molecule has 0 aliphatic rings. The van der Waals surface area contributed by atoms with E-state index in [-0.39, 0.29) is 17.9 Å². The van der Waals surface area contributed by atoms with Gasteiger partial charge in [0.25, 0.3) is 0 Å². The Balaban J connectivity index is 2.57. The number of rotatable bonds is 5. The van der Waals surface area contributed by atoms with Crippen LogP contribution in [0.25, 0.3) is 0 Å². The predicted molar refractivity (Wildman–Crippen MR) is 66.4 cm³/mol. The Labute approximate surface area is 100 Å². The monoisotopic (exact) mass is 241 g/mol. The molecule has 0 saturated heterocycles. The van der Waals surface area contributed by atoms with Gasteiger partial charge in [-0.05, 0) is 12.8 Å². The molecule has 1 rings (SSSR count). The minimum absolute atomic E-state index is 0.0390. The normalized spacial score (nSPS) is 12.8. The quantitative estimate of drug-likeness (QED) is 0.817. The number of likely N-dealkylation sites (N-methyl/N-ethyl adjacent to an activating group) is 1. The van der Waals surface area contributed by atoms with Crippen molar-refractivity contribution >= 4 is 17.2 Å². The molecule has 1 unspecified atom stereocenters. The Bertz CT molecular complexity index is 349. The van der Waals surface area contributed by atoms with E-state index < -0.39 is 0 Å². The van der Waals surface area contributed by atoms with Crippen molar-refractivity contribution in [1.82, 2.24) is 15.6 Å². The molecular weight excluding hydrogens is 222 g/mol. The van der Waals surface area contributed by atoms with Gasteiger partial charge in [-0.25, -0.2) is 4.98 Å². The van der Waals surface area contributed by atoms with Gasteiger partial charge >= 0.3 is 0 Å². The summed E-state index contributed by atoms with van der Waals surface area (Å²) < 4.78 is 0. The Kier molecular flexibility index (Phi) is 4.89. The second kappa shape index (κ2) is 5.96. The molecule has 0 spiro atoms. The highest BCUT2D eigenvalue weighted by Gasteiger charge is 2.20. The van der Waals surface area contributed by atoms with Crippen LogP contribution in [0.1, 0.15) is 24.4 Å². The highest BCUT2D eigenvalue weighted by molar-refractivity contribution is 7.09. The molecule has 0 saturated carbocycles. The molecule has 1 amide bonds. The topological polar surface area (TPSA) is 54.0 Å². The molecule has 1 aromatic rings. The van der Waals surface area contributed by atoms with Gasteiger partial charge in [-0.3, -0.25) is 4.79 Å². The summed E-state index contributed by atoms with van der Waals surface area (Å²) in [5, 5.41) is 5.95. The van der Waals surface area contributed by atoms with Gasteiger partial charge in [0.15, 0.2) is 0 Å². The van der Waals surface area contributed by atoms with E-state index in [2.05, 4.69) is 15.6 Å². The number of carbonyl (C=O) groups is 1. The number of nitrogens with zero attached hydrogens (tertiary/aromatic N) is 1. The maximum Gasteiger partial charge on any atom is 0.237 e. The molecule has 1 aromatic heterocycles. The summed E-state index contributed by atoms with van der Waals surface area (Å²) in [5.41, 5.74) is 2.87. The Morgan fingerprint density at radius 3 is 2.69 bits per heavy atom. The number of hydrogen-bond donors (Lipinski definition) is 2. The van der Waals surface area contributed by atoms with E-state index in [1.807, 2.05) is 26.3 Å². The average molecular weight is 241 g/mol. The average Bonchev–Trinajstić information content (AvgIpc) is 2.64. The van der Waals surface area contributed by atoms with Gasteiger partial charge < -0.3 is 10.6 Å². The minimum atomic E-state index is -0.147. The van der Waals surface area contributed by atoms with Crippen molar-refractivity contribution in [2.45, 2.75) is 33.4 Å². The Hall–Kier alpha value is -0.940. The fraction of sp³-hybridized carbons (Fsp3) is 0.636. The van der Waals surface area contributed by atoms with Gasteiger partial charge in [-0.2, -0.15) is 0 Å². The second-order valence-electron chi connectivity index (χ2n) is 4.08. The first kappa shape index (κ1) is 13.1. The summed E-state index contributed by atoms with van der Waals surface area (Å²) >= 11 is 1.62. The second-order valence-corrected chi connectivity index (χ2v) is 5.02. The standard InChI is InChI=1S/C11H19N3OS/c1-7(2)10(11(15)12-4)13-5-9-8(3)14-6-16-9/h6-7,10,13H,5H2,1-4H3,(H,12,15). The molecule has 16 heavy (non-hydrogen) atoms. The number of carbonyl (C=O) groups excluding carboxylic acids is 1. The van der Waals surface area contributed by atoms with E-state index in [1.54, 1.807) is 18.4 Å². The molecule has 5 heteroatoms. The lowest BCUT2D eigenvalue weighted by atomic mass is 10.0. The van der Waals surface area contributed by atoms with Crippen LogP contribution in [0.4, 0.5) is 0 Å². The summed E-state index contributed by atoms with van der Waals surface area (Å²) in [6.45, 7) is 6.75. The predicted octanol–water partition coefficient (Wildman–Crippen LogP) is 1.31. The van der Waals surface area contributed by atoms with Crippen molar-refractivity contribution in [3.8, 4) is 0 Å².